The van der Waals surface area contributed by atoms with E-state index in [0.29, 0.717) is 17.4 Å². The third-order valence-corrected chi connectivity index (χ3v) is 4.48. The van der Waals surface area contributed by atoms with Crippen molar-refractivity contribution >= 4 is 39.8 Å². The predicted octanol–water partition coefficient (Wildman–Crippen LogP) is 2.66. The number of hydrogen-bond acceptors (Lipinski definition) is 7. The largest absolute Gasteiger partial charge is 0.383 e. The van der Waals surface area contributed by atoms with Crippen LogP contribution >= 0.6 is 23.1 Å². The molecule has 0 saturated carbocycles. The lowest BCUT2D eigenvalue weighted by molar-refractivity contribution is 0.981. The molecule has 2 N–H and O–H groups in total. The van der Waals surface area contributed by atoms with Gasteiger partial charge in [-0.2, -0.15) is 0 Å². The molecule has 2 heterocycles. The highest BCUT2D eigenvalue weighted by atomic mass is 32.2. The van der Waals surface area contributed by atoms with E-state index in [-0.39, 0.29) is 0 Å². The minimum absolute atomic E-state index is 0.523. The first-order chi connectivity index (χ1) is 9.22. The van der Waals surface area contributed by atoms with E-state index in [9.17, 15) is 0 Å². The van der Waals surface area contributed by atoms with Gasteiger partial charge in [0, 0.05) is 5.39 Å². The van der Waals surface area contributed by atoms with E-state index >= 15 is 0 Å². The molecule has 0 radical (unpaired) electrons. The Morgan fingerprint density at radius 1 is 1.21 bits per heavy atom. The second-order valence-corrected chi connectivity index (χ2v) is 6.32. The molecule has 1 aromatic carbocycles. The third-order valence-electron chi connectivity index (χ3n) is 2.51. The zero-order valence-electron chi connectivity index (χ0n) is 10.2. The van der Waals surface area contributed by atoms with Crippen LogP contribution in [0.4, 0.5) is 5.82 Å². The van der Waals surface area contributed by atoms with E-state index in [2.05, 4.69) is 20.2 Å². The molecule has 5 nitrogen and oxygen atoms in total. The second kappa shape index (κ2) is 5.10. The number of anilines is 1. The lowest BCUT2D eigenvalue weighted by Gasteiger charge is -2.03. The van der Waals surface area contributed by atoms with E-state index in [1.807, 2.05) is 31.2 Å². The summed E-state index contributed by atoms with van der Waals surface area (Å²) < 4.78 is 0.924. The maximum Gasteiger partial charge on any atom is 0.174 e. The van der Waals surface area contributed by atoms with Gasteiger partial charge < -0.3 is 5.73 Å². The number of aryl methyl sites for hydroxylation is 1. The molecule has 0 aliphatic heterocycles. The smallest absolute Gasteiger partial charge is 0.174 e. The molecule has 3 aromatic rings. The molecule has 3 rings (SSSR count). The number of nitrogen functional groups attached to an aromatic ring is 1. The lowest BCUT2D eigenvalue weighted by Crippen LogP contribution is -1.99. The maximum absolute atomic E-state index is 5.94. The third kappa shape index (κ3) is 2.66. The average Bonchev–Trinajstić information content (AvgIpc) is 2.82. The van der Waals surface area contributed by atoms with Crippen LogP contribution in [0.1, 0.15) is 10.8 Å². The van der Waals surface area contributed by atoms with Gasteiger partial charge in [0.2, 0.25) is 0 Å². The number of nitrogens with two attached hydrogens (primary N) is 1. The van der Waals surface area contributed by atoms with Crippen molar-refractivity contribution in [2.75, 3.05) is 5.73 Å². The van der Waals surface area contributed by atoms with Gasteiger partial charge in [0.15, 0.2) is 4.34 Å². The number of thioether (sulfide) groups is 1. The Morgan fingerprint density at radius 2 is 2.05 bits per heavy atom. The number of rotatable bonds is 3. The number of benzene rings is 1. The fourth-order valence-electron chi connectivity index (χ4n) is 1.68. The standard InChI is InChI=1S/C12H11N5S2/c1-7-16-17-12(19-7)18-6-10-14-9-5-3-2-4-8(9)11(13)15-10/h2-5H,6H2,1H3,(H2,13,14,15). The van der Waals surface area contributed by atoms with Crippen LogP contribution in [0, 0.1) is 6.92 Å². The summed E-state index contributed by atoms with van der Waals surface area (Å²) in [5, 5.41) is 9.89. The maximum atomic E-state index is 5.94. The predicted molar refractivity (Wildman–Crippen MR) is 78.2 cm³/mol. The summed E-state index contributed by atoms with van der Waals surface area (Å²) in [5.74, 6) is 1.88. The van der Waals surface area contributed by atoms with Crippen LogP contribution in [0.15, 0.2) is 28.6 Å². The summed E-state index contributed by atoms with van der Waals surface area (Å²) in [6.45, 7) is 1.94. The normalized spacial score (nSPS) is 11.0. The number of aromatic nitrogens is 4. The van der Waals surface area contributed by atoms with Crippen molar-refractivity contribution in [1.29, 1.82) is 0 Å². The Bertz CT molecular complexity index is 725. The van der Waals surface area contributed by atoms with Crippen LogP contribution in [0.25, 0.3) is 10.9 Å². The van der Waals surface area contributed by atoms with Crippen LogP contribution < -0.4 is 5.73 Å². The average molecular weight is 289 g/mol. The second-order valence-electron chi connectivity index (χ2n) is 3.92. The Hall–Kier alpha value is -1.73. The molecule has 0 spiro atoms. The highest BCUT2D eigenvalue weighted by Gasteiger charge is 2.07. The quantitative estimate of drug-likeness (QED) is 0.747. The van der Waals surface area contributed by atoms with Crippen molar-refractivity contribution in [3.05, 3.63) is 35.1 Å². The summed E-state index contributed by atoms with van der Waals surface area (Å²) in [4.78, 5) is 8.83. The molecule has 96 valence electrons. The Labute approximate surface area is 118 Å². The van der Waals surface area contributed by atoms with E-state index in [0.717, 1.165) is 20.3 Å². The van der Waals surface area contributed by atoms with Gasteiger partial charge in [-0.1, -0.05) is 35.2 Å². The monoisotopic (exact) mass is 289 g/mol. The number of para-hydroxylation sites is 1. The minimum atomic E-state index is 0.523. The molecular weight excluding hydrogens is 278 g/mol. The van der Waals surface area contributed by atoms with Gasteiger partial charge >= 0.3 is 0 Å². The van der Waals surface area contributed by atoms with Gasteiger partial charge in [0.05, 0.1) is 11.3 Å². The van der Waals surface area contributed by atoms with E-state index in [1.165, 1.54) is 0 Å². The SMILES string of the molecule is Cc1nnc(SCc2nc(N)c3ccccc3n2)s1. The molecule has 0 amide bonds. The minimum Gasteiger partial charge on any atom is -0.383 e. The molecule has 0 aliphatic carbocycles. The van der Waals surface area contributed by atoms with Gasteiger partial charge in [-0.3, -0.25) is 0 Å². The van der Waals surface area contributed by atoms with Crippen molar-refractivity contribution in [3.8, 4) is 0 Å². The Balaban J connectivity index is 1.85. The first kappa shape index (κ1) is 12.3. The number of nitrogens with zero attached hydrogens (tertiary/aromatic N) is 4. The topological polar surface area (TPSA) is 77.6 Å². The highest BCUT2D eigenvalue weighted by Crippen LogP contribution is 2.26. The Morgan fingerprint density at radius 3 is 2.84 bits per heavy atom. The zero-order chi connectivity index (χ0) is 13.2. The molecule has 2 aromatic heterocycles. The molecule has 19 heavy (non-hydrogen) atoms. The molecule has 0 fully saturated rings. The van der Waals surface area contributed by atoms with E-state index in [4.69, 9.17) is 5.73 Å². The molecule has 0 saturated heterocycles. The van der Waals surface area contributed by atoms with Gasteiger partial charge in [-0.25, -0.2) is 9.97 Å². The molecule has 7 heteroatoms. The van der Waals surface area contributed by atoms with Crippen molar-refractivity contribution in [2.24, 2.45) is 0 Å². The van der Waals surface area contributed by atoms with Crippen LogP contribution in [0.2, 0.25) is 0 Å². The van der Waals surface area contributed by atoms with Gasteiger partial charge in [0.25, 0.3) is 0 Å². The van der Waals surface area contributed by atoms with Crippen molar-refractivity contribution in [3.63, 3.8) is 0 Å². The molecular formula is C12H11N5S2. The summed E-state index contributed by atoms with van der Waals surface area (Å²) >= 11 is 3.14. The van der Waals surface area contributed by atoms with Crippen molar-refractivity contribution < 1.29 is 0 Å². The Kier molecular flexibility index (Phi) is 3.31. The van der Waals surface area contributed by atoms with Crippen LogP contribution in [-0.4, -0.2) is 20.2 Å². The molecule has 0 atom stereocenters. The van der Waals surface area contributed by atoms with Gasteiger partial charge in [-0.15, -0.1) is 10.2 Å². The first-order valence-electron chi connectivity index (χ1n) is 5.66. The first-order valence-corrected chi connectivity index (χ1v) is 7.46. The van der Waals surface area contributed by atoms with Crippen molar-refractivity contribution in [2.45, 2.75) is 17.0 Å². The zero-order valence-corrected chi connectivity index (χ0v) is 11.8. The summed E-state index contributed by atoms with van der Waals surface area (Å²) in [6, 6.07) is 7.74. The summed E-state index contributed by atoms with van der Waals surface area (Å²) in [7, 11) is 0. The summed E-state index contributed by atoms with van der Waals surface area (Å²) in [6.07, 6.45) is 0. The molecule has 0 aliphatic rings. The molecule has 0 unspecified atom stereocenters. The highest BCUT2D eigenvalue weighted by molar-refractivity contribution is 8.00. The fourth-order valence-corrected chi connectivity index (χ4v) is 3.35. The lowest BCUT2D eigenvalue weighted by atomic mass is 10.2. The molecule has 0 bridgehead atoms. The van der Waals surface area contributed by atoms with Crippen LogP contribution in [-0.2, 0) is 5.75 Å². The van der Waals surface area contributed by atoms with Crippen LogP contribution in [0.3, 0.4) is 0 Å². The van der Waals surface area contributed by atoms with Gasteiger partial charge in [0.1, 0.15) is 16.6 Å². The van der Waals surface area contributed by atoms with Crippen molar-refractivity contribution in [1.82, 2.24) is 20.2 Å². The van der Waals surface area contributed by atoms with E-state index < -0.39 is 0 Å². The number of fused-ring (bicyclic) bond motifs is 1. The summed E-state index contributed by atoms with van der Waals surface area (Å²) in [5.41, 5.74) is 6.82. The number of hydrogen-bond donors (Lipinski definition) is 1. The van der Waals surface area contributed by atoms with Gasteiger partial charge in [-0.05, 0) is 19.1 Å². The fraction of sp³-hybridized carbons (Fsp3) is 0.167. The van der Waals surface area contributed by atoms with E-state index in [1.54, 1.807) is 23.1 Å². The van der Waals surface area contributed by atoms with Crippen LogP contribution in [0.5, 0.6) is 0 Å².